The maximum Gasteiger partial charge on any atom is 0.410 e. The van der Waals surface area contributed by atoms with Crippen LogP contribution >= 0.6 is 0 Å². The lowest BCUT2D eigenvalue weighted by molar-refractivity contribution is 0.0240. The van der Waals surface area contributed by atoms with E-state index in [1.165, 1.54) is 6.20 Å². The zero-order valence-electron chi connectivity index (χ0n) is 23.8. The monoisotopic (exact) mass is 569 g/mol. The van der Waals surface area contributed by atoms with Gasteiger partial charge in [-0.15, -0.1) is 0 Å². The molecule has 216 valence electrons. The Morgan fingerprint density at radius 1 is 1.07 bits per heavy atom. The van der Waals surface area contributed by atoms with Crippen LogP contribution in [-0.2, 0) is 4.74 Å². The van der Waals surface area contributed by atoms with Gasteiger partial charge in [-0.25, -0.2) is 9.89 Å². The highest BCUT2D eigenvalue weighted by Crippen LogP contribution is 2.35. The number of aromatic amines is 1. The summed E-state index contributed by atoms with van der Waals surface area (Å²) in [5.74, 6) is 1.28. The number of amides is 1. The maximum atomic E-state index is 12.8. The van der Waals surface area contributed by atoms with Crippen LogP contribution in [0, 0.1) is 11.3 Å². The van der Waals surface area contributed by atoms with Gasteiger partial charge in [0.25, 0.3) is 5.56 Å². The first-order valence-electron chi connectivity index (χ1n) is 13.4. The summed E-state index contributed by atoms with van der Waals surface area (Å²) < 4.78 is 17.1. The molecule has 0 atom stereocenters. The number of hydrogen-bond donors (Lipinski definition) is 2. The maximum absolute atomic E-state index is 12.8. The van der Waals surface area contributed by atoms with Crippen LogP contribution in [0.15, 0.2) is 59.5 Å². The van der Waals surface area contributed by atoms with E-state index in [0.29, 0.717) is 54.3 Å². The number of H-pyrrole nitrogens is 1. The summed E-state index contributed by atoms with van der Waals surface area (Å²) in [6.45, 7) is 7.89. The van der Waals surface area contributed by atoms with E-state index in [-0.39, 0.29) is 23.2 Å². The fourth-order valence-corrected chi connectivity index (χ4v) is 4.58. The average molecular weight is 570 g/mol. The number of rotatable bonds is 6. The number of methoxy groups -OCH3 is 1. The molecule has 1 amide bonds. The van der Waals surface area contributed by atoms with Crippen LogP contribution < -0.4 is 25.2 Å². The van der Waals surface area contributed by atoms with Crippen LogP contribution in [0.25, 0.3) is 10.8 Å². The van der Waals surface area contributed by atoms with E-state index in [2.05, 4.69) is 31.5 Å². The van der Waals surface area contributed by atoms with E-state index in [1.54, 1.807) is 42.3 Å². The fourth-order valence-electron chi connectivity index (χ4n) is 4.58. The molecule has 2 aromatic carbocycles. The van der Waals surface area contributed by atoms with E-state index in [0.717, 1.165) is 5.69 Å². The molecule has 1 saturated heterocycles. The normalized spacial score (nSPS) is 13.4. The van der Waals surface area contributed by atoms with Gasteiger partial charge < -0.3 is 29.3 Å². The second-order valence-electron chi connectivity index (χ2n) is 10.6. The summed E-state index contributed by atoms with van der Waals surface area (Å²) in [7, 11) is 1.56. The quantitative estimate of drug-likeness (QED) is 0.332. The highest BCUT2D eigenvalue weighted by atomic mass is 16.6. The minimum absolute atomic E-state index is 0.179. The van der Waals surface area contributed by atoms with Crippen molar-refractivity contribution in [1.29, 1.82) is 5.26 Å². The molecule has 0 aliphatic carbocycles. The zero-order valence-corrected chi connectivity index (χ0v) is 23.8. The summed E-state index contributed by atoms with van der Waals surface area (Å²) >= 11 is 0. The van der Waals surface area contributed by atoms with Crippen molar-refractivity contribution in [1.82, 2.24) is 20.1 Å². The minimum atomic E-state index is -0.543. The summed E-state index contributed by atoms with van der Waals surface area (Å²) in [6.07, 6.45) is 1.19. The third kappa shape index (κ3) is 6.20. The number of hydrogen-bond acceptors (Lipinski definition) is 10. The standard InChI is InChI=1S/C30H31N7O5/c1-30(2,3)42-29(39)37-13-11-36(12-14-37)21-9-10-22(24(16-21)40-4)33-27-26-20(18-32-35-28(26)38)15-25(34-27)41-23-8-6-5-7-19(23)17-31/h5-10,15-16,18H,11-14H2,1-4H3,(H,33,34)(H,35,38). The summed E-state index contributed by atoms with van der Waals surface area (Å²) in [5, 5.41) is 19.8. The molecule has 0 radical (unpaired) electrons. The number of pyridine rings is 1. The molecule has 1 fully saturated rings. The van der Waals surface area contributed by atoms with Crippen molar-refractivity contribution in [2.45, 2.75) is 26.4 Å². The molecule has 0 unspecified atom stereocenters. The summed E-state index contributed by atoms with van der Waals surface area (Å²) in [4.78, 5) is 33.7. The summed E-state index contributed by atoms with van der Waals surface area (Å²) in [5.41, 5.74) is 0.880. The van der Waals surface area contributed by atoms with Gasteiger partial charge in [0.05, 0.1) is 29.9 Å². The number of ether oxygens (including phenoxy) is 3. The predicted octanol–water partition coefficient (Wildman–Crippen LogP) is 4.79. The van der Waals surface area contributed by atoms with Gasteiger partial charge in [-0.3, -0.25) is 4.79 Å². The number of anilines is 3. The zero-order chi connectivity index (χ0) is 29.9. The van der Waals surface area contributed by atoms with Gasteiger partial charge >= 0.3 is 6.09 Å². The van der Waals surface area contributed by atoms with Crippen LogP contribution in [0.3, 0.4) is 0 Å². The van der Waals surface area contributed by atoms with Gasteiger partial charge in [-0.2, -0.15) is 15.3 Å². The Kier molecular flexibility index (Phi) is 7.84. The molecule has 1 aliphatic rings. The van der Waals surface area contributed by atoms with Crippen molar-refractivity contribution in [3.05, 3.63) is 70.6 Å². The molecule has 3 heterocycles. The van der Waals surface area contributed by atoms with E-state index < -0.39 is 11.2 Å². The molecule has 2 N–H and O–H groups in total. The Labute approximate surface area is 242 Å². The van der Waals surface area contributed by atoms with Gasteiger partial charge in [0.2, 0.25) is 5.88 Å². The lowest BCUT2D eigenvalue weighted by Crippen LogP contribution is -2.50. The number of nitriles is 1. The number of aromatic nitrogens is 3. The van der Waals surface area contributed by atoms with E-state index in [4.69, 9.17) is 14.2 Å². The van der Waals surface area contributed by atoms with Gasteiger partial charge in [-0.05, 0) is 45.0 Å². The summed E-state index contributed by atoms with van der Waals surface area (Å²) in [6, 6.07) is 16.2. The highest BCUT2D eigenvalue weighted by Gasteiger charge is 2.26. The SMILES string of the molecule is COc1cc(N2CCN(C(=O)OC(C)(C)C)CC2)ccc1Nc1nc(Oc2ccccc2C#N)cc2cn[nH]c(=O)c12. The molecule has 1 aliphatic heterocycles. The van der Waals surface area contributed by atoms with E-state index >= 15 is 0 Å². The molecule has 42 heavy (non-hydrogen) atoms. The fraction of sp³-hybridized carbons (Fsp3) is 0.300. The molecule has 12 heteroatoms. The number of carbonyl (C=O) groups is 1. The number of piperazine rings is 1. The number of carbonyl (C=O) groups excluding carboxylic acids is 1. The van der Waals surface area contributed by atoms with Crippen molar-refractivity contribution in [3.8, 4) is 23.4 Å². The number of para-hydroxylation sites is 1. The Morgan fingerprint density at radius 3 is 2.55 bits per heavy atom. The second-order valence-corrected chi connectivity index (χ2v) is 10.6. The first-order valence-corrected chi connectivity index (χ1v) is 13.4. The predicted molar refractivity (Wildman–Crippen MR) is 158 cm³/mol. The number of fused-ring (bicyclic) bond motifs is 1. The smallest absolute Gasteiger partial charge is 0.410 e. The lowest BCUT2D eigenvalue weighted by atomic mass is 10.2. The first-order chi connectivity index (χ1) is 20.1. The Balaban J connectivity index is 1.40. The first kappa shape index (κ1) is 28.2. The van der Waals surface area contributed by atoms with Crippen molar-refractivity contribution in [3.63, 3.8) is 0 Å². The third-order valence-electron chi connectivity index (χ3n) is 6.58. The largest absolute Gasteiger partial charge is 0.494 e. The Bertz CT molecular complexity index is 1720. The van der Waals surface area contributed by atoms with E-state index in [9.17, 15) is 14.9 Å². The molecular formula is C30H31N7O5. The number of nitrogens with one attached hydrogen (secondary N) is 2. The lowest BCUT2D eigenvalue weighted by Gasteiger charge is -2.37. The molecule has 2 aromatic heterocycles. The highest BCUT2D eigenvalue weighted by molar-refractivity contribution is 5.93. The van der Waals surface area contributed by atoms with Gasteiger partial charge in [0, 0.05) is 49.4 Å². The molecule has 12 nitrogen and oxygen atoms in total. The van der Waals surface area contributed by atoms with Crippen LogP contribution in [0.4, 0.5) is 22.0 Å². The van der Waals surface area contributed by atoms with Crippen molar-refractivity contribution in [2.75, 3.05) is 43.5 Å². The second kappa shape index (κ2) is 11.7. The van der Waals surface area contributed by atoms with Crippen LogP contribution in [0.5, 0.6) is 17.4 Å². The van der Waals surface area contributed by atoms with Crippen molar-refractivity contribution >= 4 is 34.1 Å². The van der Waals surface area contributed by atoms with Crippen LogP contribution in [0.2, 0.25) is 0 Å². The molecule has 0 bridgehead atoms. The minimum Gasteiger partial charge on any atom is -0.494 e. The molecular weight excluding hydrogens is 538 g/mol. The van der Waals surface area contributed by atoms with Crippen LogP contribution in [-0.4, -0.2) is 65.1 Å². The number of nitrogens with zero attached hydrogens (tertiary/aromatic N) is 5. The Morgan fingerprint density at radius 2 is 1.83 bits per heavy atom. The van der Waals surface area contributed by atoms with Crippen molar-refractivity contribution < 1.29 is 19.0 Å². The van der Waals surface area contributed by atoms with Crippen molar-refractivity contribution in [2.24, 2.45) is 0 Å². The average Bonchev–Trinajstić information content (AvgIpc) is 2.97. The topological polar surface area (TPSA) is 146 Å². The van der Waals surface area contributed by atoms with E-state index in [1.807, 2.05) is 39.0 Å². The molecule has 0 saturated carbocycles. The molecule has 5 rings (SSSR count). The Hall–Kier alpha value is -5.31. The van der Waals surface area contributed by atoms with Gasteiger partial charge in [0.1, 0.15) is 29.0 Å². The van der Waals surface area contributed by atoms with Gasteiger partial charge in [0.15, 0.2) is 0 Å². The van der Waals surface area contributed by atoms with Crippen LogP contribution in [0.1, 0.15) is 26.3 Å². The van der Waals surface area contributed by atoms with Gasteiger partial charge in [-0.1, -0.05) is 12.1 Å². The molecule has 0 spiro atoms. The molecule has 4 aromatic rings. The number of benzene rings is 2. The third-order valence-corrected chi connectivity index (χ3v) is 6.58.